The molecule has 6 heteroatoms. The van der Waals surface area contributed by atoms with Crippen LogP contribution in [0.25, 0.3) is 0 Å². The minimum absolute atomic E-state index is 0.393. The molecule has 0 atom stereocenters. The second-order valence-electron chi connectivity index (χ2n) is 4.73. The van der Waals surface area contributed by atoms with Gasteiger partial charge in [-0.15, -0.1) is 0 Å². The van der Waals surface area contributed by atoms with Gasteiger partial charge in [-0.25, -0.2) is 4.79 Å². The van der Waals surface area contributed by atoms with Crippen LogP contribution in [-0.2, 0) is 0 Å². The summed E-state index contributed by atoms with van der Waals surface area (Å²) in [5.74, 6) is 0. The summed E-state index contributed by atoms with van der Waals surface area (Å²) in [5.41, 5.74) is 9.37. The molecule has 0 aliphatic rings. The largest absolute Gasteiger partial charge is 0.399 e. The minimum Gasteiger partial charge on any atom is -0.399 e. The number of nitrogens with two attached hydrogens (primary N) is 1. The second kappa shape index (κ2) is 6.24. The maximum atomic E-state index is 12.1. The van der Waals surface area contributed by atoms with E-state index in [1.165, 1.54) is 0 Å². The Morgan fingerprint density at radius 2 is 1.67 bits per heavy atom. The zero-order valence-corrected chi connectivity index (χ0v) is 13.1. The lowest BCUT2D eigenvalue weighted by molar-refractivity contribution is 0.262. The predicted octanol–water partition coefficient (Wildman–Crippen LogP) is 4.84. The molecule has 4 N–H and O–H groups in total. The lowest BCUT2D eigenvalue weighted by Gasteiger charge is -2.14. The summed E-state index contributed by atoms with van der Waals surface area (Å²) in [7, 11) is 0. The summed E-state index contributed by atoms with van der Waals surface area (Å²) in [6, 6.07) is 8.08. The first-order valence-corrected chi connectivity index (χ1v) is 7.02. The molecule has 0 spiro atoms. The summed E-state index contributed by atoms with van der Waals surface area (Å²) < 4.78 is 0. The number of benzene rings is 2. The average Bonchev–Trinajstić information content (AvgIpc) is 2.38. The second-order valence-corrected chi connectivity index (χ2v) is 5.58. The van der Waals surface area contributed by atoms with E-state index in [9.17, 15) is 4.79 Å². The number of hydrogen-bond donors (Lipinski definition) is 3. The van der Waals surface area contributed by atoms with E-state index in [0.717, 1.165) is 16.8 Å². The number of urea groups is 1. The standard InChI is InChI=1S/C15H15Cl2N3O/c1-8-5-11(18)6-9(2)14(8)20-15(21)19-13-7-10(16)3-4-12(13)17/h3-7H,18H2,1-2H3,(H2,19,20,21). The number of carbonyl (C=O) groups excluding carboxylic acids is 1. The molecule has 110 valence electrons. The van der Waals surface area contributed by atoms with Gasteiger partial charge in [-0.2, -0.15) is 0 Å². The van der Waals surface area contributed by atoms with Crippen LogP contribution < -0.4 is 16.4 Å². The number of rotatable bonds is 2. The Labute approximate surface area is 133 Å². The number of carbonyl (C=O) groups is 1. The molecule has 2 amide bonds. The summed E-state index contributed by atoms with van der Waals surface area (Å²) >= 11 is 11.9. The van der Waals surface area contributed by atoms with Crippen molar-refractivity contribution in [3.63, 3.8) is 0 Å². The van der Waals surface area contributed by atoms with E-state index in [1.807, 2.05) is 13.8 Å². The van der Waals surface area contributed by atoms with E-state index in [1.54, 1.807) is 30.3 Å². The van der Waals surface area contributed by atoms with Gasteiger partial charge in [0.05, 0.1) is 10.7 Å². The highest BCUT2D eigenvalue weighted by molar-refractivity contribution is 6.35. The van der Waals surface area contributed by atoms with E-state index in [4.69, 9.17) is 28.9 Å². The van der Waals surface area contributed by atoms with E-state index in [-0.39, 0.29) is 0 Å². The number of nitrogen functional groups attached to an aromatic ring is 1. The van der Waals surface area contributed by atoms with Crippen molar-refractivity contribution in [2.45, 2.75) is 13.8 Å². The minimum atomic E-state index is -0.393. The number of nitrogens with one attached hydrogen (secondary N) is 2. The number of aryl methyl sites for hydroxylation is 2. The quantitative estimate of drug-likeness (QED) is 0.692. The van der Waals surface area contributed by atoms with Gasteiger partial charge in [-0.3, -0.25) is 0 Å². The van der Waals surface area contributed by atoms with Gasteiger partial charge in [0.25, 0.3) is 0 Å². The molecular formula is C15H15Cl2N3O. The topological polar surface area (TPSA) is 67.1 Å². The maximum absolute atomic E-state index is 12.1. The molecule has 0 fully saturated rings. The summed E-state index contributed by atoms with van der Waals surface area (Å²) in [6.07, 6.45) is 0. The van der Waals surface area contributed by atoms with Crippen molar-refractivity contribution in [1.82, 2.24) is 0 Å². The molecule has 0 saturated carbocycles. The van der Waals surface area contributed by atoms with Crippen LogP contribution in [0.3, 0.4) is 0 Å². The van der Waals surface area contributed by atoms with Crippen LogP contribution in [0.2, 0.25) is 10.0 Å². The monoisotopic (exact) mass is 323 g/mol. The fraction of sp³-hybridized carbons (Fsp3) is 0.133. The molecule has 0 aliphatic heterocycles. The summed E-state index contributed by atoms with van der Waals surface area (Å²) in [6.45, 7) is 3.76. The first-order chi connectivity index (χ1) is 9.86. The van der Waals surface area contributed by atoms with Gasteiger partial charge in [0.2, 0.25) is 0 Å². The summed E-state index contributed by atoms with van der Waals surface area (Å²) in [4.78, 5) is 12.1. The molecule has 2 rings (SSSR count). The number of anilines is 3. The van der Waals surface area contributed by atoms with E-state index in [0.29, 0.717) is 21.4 Å². The Morgan fingerprint density at radius 1 is 1.05 bits per heavy atom. The van der Waals surface area contributed by atoms with Gasteiger partial charge in [0, 0.05) is 16.4 Å². The smallest absolute Gasteiger partial charge is 0.323 e. The number of amides is 2. The molecule has 0 unspecified atom stereocenters. The van der Waals surface area contributed by atoms with Crippen LogP contribution in [-0.4, -0.2) is 6.03 Å². The molecule has 0 aromatic heterocycles. The third-order valence-electron chi connectivity index (χ3n) is 2.97. The zero-order valence-electron chi connectivity index (χ0n) is 11.6. The van der Waals surface area contributed by atoms with Gasteiger partial charge in [0.1, 0.15) is 0 Å². The van der Waals surface area contributed by atoms with Crippen molar-refractivity contribution >= 4 is 46.3 Å². The van der Waals surface area contributed by atoms with Crippen molar-refractivity contribution < 1.29 is 4.79 Å². The van der Waals surface area contributed by atoms with Crippen molar-refractivity contribution in [3.05, 3.63) is 51.5 Å². The molecule has 0 heterocycles. The van der Waals surface area contributed by atoms with Crippen LogP contribution in [0.15, 0.2) is 30.3 Å². The van der Waals surface area contributed by atoms with E-state index < -0.39 is 6.03 Å². The highest BCUT2D eigenvalue weighted by Gasteiger charge is 2.10. The first-order valence-electron chi connectivity index (χ1n) is 6.26. The molecule has 21 heavy (non-hydrogen) atoms. The zero-order chi connectivity index (χ0) is 15.6. The van der Waals surface area contributed by atoms with Gasteiger partial charge in [0.15, 0.2) is 0 Å². The van der Waals surface area contributed by atoms with Crippen molar-refractivity contribution in [1.29, 1.82) is 0 Å². The third-order valence-corrected chi connectivity index (χ3v) is 3.53. The summed E-state index contributed by atoms with van der Waals surface area (Å²) in [5, 5.41) is 6.38. The Morgan fingerprint density at radius 3 is 2.29 bits per heavy atom. The van der Waals surface area contributed by atoms with Crippen LogP contribution >= 0.6 is 23.2 Å². The Balaban J connectivity index is 2.17. The maximum Gasteiger partial charge on any atom is 0.323 e. The highest BCUT2D eigenvalue weighted by atomic mass is 35.5. The van der Waals surface area contributed by atoms with Gasteiger partial charge < -0.3 is 16.4 Å². The van der Waals surface area contributed by atoms with Crippen LogP contribution in [0.5, 0.6) is 0 Å². The van der Waals surface area contributed by atoms with E-state index in [2.05, 4.69) is 10.6 Å². The molecular weight excluding hydrogens is 309 g/mol. The van der Waals surface area contributed by atoms with Crippen molar-refractivity contribution in [2.75, 3.05) is 16.4 Å². The molecule has 2 aromatic rings. The molecule has 2 aromatic carbocycles. The third kappa shape index (κ3) is 3.80. The normalized spacial score (nSPS) is 10.3. The molecule has 4 nitrogen and oxygen atoms in total. The Bertz CT molecular complexity index is 678. The average molecular weight is 324 g/mol. The van der Waals surface area contributed by atoms with Gasteiger partial charge >= 0.3 is 6.03 Å². The molecule has 0 aliphatic carbocycles. The molecule has 0 saturated heterocycles. The lowest BCUT2D eigenvalue weighted by Crippen LogP contribution is -2.21. The Hall–Kier alpha value is -1.91. The lowest BCUT2D eigenvalue weighted by atomic mass is 10.1. The number of halogens is 2. The van der Waals surface area contributed by atoms with Crippen LogP contribution in [0, 0.1) is 13.8 Å². The van der Waals surface area contributed by atoms with Crippen molar-refractivity contribution in [3.8, 4) is 0 Å². The fourth-order valence-corrected chi connectivity index (χ4v) is 2.39. The fourth-order valence-electron chi connectivity index (χ4n) is 2.05. The highest BCUT2D eigenvalue weighted by Crippen LogP contribution is 2.27. The van der Waals surface area contributed by atoms with Crippen molar-refractivity contribution in [2.24, 2.45) is 0 Å². The predicted molar refractivity (Wildman–Crippen MR) is 89.4 cm³/mol. The Kier molecular flexibility index (Phi) is 4.60. The van der Waals surface area contributed by atoms with Crippen LogP contribution in [0.4, 0.5) is 21.9 Å². The van der Waals surface area contributed by atoms with E-state index >= 15 is 0 Å². The van der Waals surface area contributed by atoms with Gasteiger partial charge in [-0.05, 0) is 55.3 Å². The first kappa shape index (κ1) is 15.5. The molecule has 0 radical (unpaired) electrons. The number of hydrogen-bond acceptors (Lipinski definition) is 2. The molecule has 0 bridgehead atoms. The van der Waals surface area contributed by atoms with Crippen LogP contribution in [0.1, 0.15) is 11.1 Å². The van der Waals surface area contributed by atoms with Gasteiger partial charge in [-0.1, -0.05) is 23.2 Å². The SMILES string of the molecule is Cc1cc(N)cc(C)c1NC(=O)Nc1cc(Cl)ccc1Cl.